The lowest BCUT2D eigenvalue weighted by molar-refractivity contribution is -0.0691. The molecule has 2 aromatic rings. The number of nitrogens with zero attached hydrogens (tertiary/aromatic N) is 6. The predicted octanol–water partition coefficient (Wildman–Crippen LogP) is 3.01. The number of methoxy groups -OCH3 is 1. The van der Waals surface area contributed by atoms with Crippen LogP contribution >= 0.6 is 0 Å². The zero-order chi connectivity index (χ0) is 33.8. The average Bonchev–Trinajstić information content (AvgIpc) is 3.05. The molecule has 4 aliphatic heterocycles. The van der Waals surface area contributed by atoms with Gasteiger partial charge in [-0.3, -0.25) is 9.80 Å². The lowest BCUT2D eigenvalue weighted by Crippen LogP contribution is -2.59. The maximum absolute atomic E-state index is 15.9. The molecule has 0 saturated carbocycles. The van der Waals surface area contributed by atoms with E-state index in [2.05, 4.69) is 45.0 Å². The van der Waals surface area contributed by atoms with Crippen molar-refractivity contribution in [3.63, 3.8) is 0 Å². The van der Waals surface area contributed by atoms with E-state index >= 15 is 4.39 Å². The van der Waals surface area contributed by atoms with Crippen LogP contribution in [0.4, 0.5) is 15.9 Å². The summed E-state index contributed by atoms with van der Waals surface area (Å²) >= 11 is 0. The maximum atomic E-state index is 15.9. The number of aliphatic hydroxyl groups is 1. The highest BCUT2D eigenvalue weighted by molar-refractivity contribution is 6.08. The Morgan fingerprint density at radius 1 is 1.29 bits per heavy atom. The van der Waals surface area contributed by atoms with Crippen LogP contribution in [0.3, 0.4) is 0 Å². The molecule has 4 atom stereocenters. The van der Waals surface area contributed by atoms with E-state index in [4.69, 9.17) is 19.2 Å². The van der Waals surface area contributed by atoms with E-state index in [0.717, 1.165) is 49.8 Å². The molecule has 0 amide bonds. The SMILES string of the molecule is C=CC1(F)CN(C[C@@H](C)O)CC[C@H]1Oc1ccc(C2=CC(Nc3ccc(N4CCN(C5COC5)C[C@@H]4C)c(OC)n3)=NCN2)cc1C#N. The first kappa shape index (κ1) is 33.7. The molecule has 256 valence electrons. The number of amidine groups is 1. The van der Waals surface area contributed by atoms with Crippen LogP contribution in [0.5, 0.6) is 11.6 Å². The Bertz CT molecular complexity index is 1590. The number of aromatic nitrogens is 1. The number of β-amino-alcohol motifs (C(OH)–C–C–N with tert-alkyl or cyclic N) is 1. The van der Waals surface area contributed by atoms with Crippen molar-refractivity contribution >= 4 is 23.0 Å². The molecule has 5 heterocycles. The number of piperazine rings is 1. The number of aliphatic imine (C=N–C) groups is 1. The number of benzene rings is 1. The standard InChI is InChI=1S/C35H45FN8O4/c1-5-35(36)21-42(18-24(3)45)11-10-31(35)48-30-8-6-25(14-26(30)16-37)28-15-33(39-22-38-28)40-32-9-7-29(34(41-32)46-4)44-13-12-43(17-23(44)2)27-19-47-20-27/h5-9,14-15,23-24,27,31,38,45H,1,10-13,17-22H2,2-4H3,(H,39,40,41)/t23-,24+,31+,35?/m0/s1. The molecule has 0 spiro atoms. The third kappa shape index (κ3) is 7.27. The van der Waals surface area contributed by atoms with Crippen molar-refractivity contribution < 1.29 is 23.7 Å². The molecule has 0 radical (unpaired) electrons. The van der Waals surface area contributed by atoms with Crippen LogP contribution in [-0.4, -0.2) is 122 Å². The molecule has 1 aromatic carbocycles. The van der Waals surface area contributed by atoms with Crippen LogP contribution in [0.1, 0.15) is 31.4 Å². The number of anilines is 2. The van der Waals surface area contributed by atoms with Gasteiger partial charge in [-0.2, -0.15) is 10.2 Å². The number of piperidine rings is 1. The van der Waals surface area contributed by atoms with Gasteiger partial charge in [0, 0.05) is 63.5 Å². The quantitative estimate of drug-likeness (QED) is 0.325. The Morgan fingerprint density at radius 2 is 2.12 bits per heavy atom. The summed E-state index contributed by atoms with van der Waals surface area (Å²) in [6.07, 6.45) is 2.15. The normalized spacial score (nSPS) is 25.9. The monoisotopic (exact) mass is 660 g/mol. The second kappa shape index (κ2) is 14.5. The highest BCUT2D eigenvalue weighted by Crippen LogP contribution is 2.34. The predicted molar refractivity (Wildman–Crippen MR) is 183 cm³/mol. The number of likely N-dealkylation sites (tertiary alicyclic amines) is 1. The molecule has 6 rings (SSSR count). The fourth-order valence-electron chi connectivity index (χ4n) is 6.80. The number of ether oxygens (including phenoxy) is 3. The minimum Gasteiger partial charge on any atom is -0.485 e. The number of nitrogens with one attached hydrogen (secondary N) is 2. The Kier molecular flexibility index (Phi) is 10.2. The molecule has 4 aliphatic rings. The van der Waals surface area contributed by atoms with E-state index in [1.54, 1.807) is 26.2 Å². The lowest BCUT2D eigenvalue weighted by Gasteiger charge is -2.46. The van der Waals surface area contributed by atoms with E-state index in [0.29, 0.717) is 67.1 Å². The van der Waals surface area contributed by atoms with Crippen molar-refractivity contribution in [3.8, 4) is 17.7 Å². The van der Waals surface area contributed by atoms with Crippen LogP contribution in [0, 0.1) is 11.3 Å². The molecule has 0 bridgehead atoms. The van der Waals surface area contributed by atoms with Crippen LogP contribution in [0.25, 0.3) is 5.70 Å². The zero-order valence-electron chi connectivity index (χ0n) is 27.9. The highest BCUT2D eigenvalue weighted by Gasteiger charge is 2.44. The summed E-state index contributed by atoms with van der Waals surface area (Å²) in [7, 11) is 1.63. The van der Waals surface area contributed by atoms with Gasteiger partial charge in [0.1, 0.15) is 41.9 Å². The van der Waals surface area contributed by atoms with Crippen molar-refractivity contribution in [2.45, 2.75) is 50.2 Å². The number of pyridine rings is 1. The summed E-state index contributed by atoms with van der Waals surface area (Å²) < 4.78 is 33.1. The van der Waals surface area contributed by atoms with Gasteiger partial charge in [-0.05, 0) is 55.8 Å². The Balaban J connectivity index is 1.13. The summed E-state index contributed by atoms with van der Waals surface area (Å²) in [4.78, 5) is 16.0. The molecule has 3 saturated heterocycles. The van der Waals surface area contributed by atoms with Crippen LogP contribution < -0.4 is 25.0 Å². The molecule has 48 heavy (non-hydrogen) atoms. The number of nitriles is 1. The number of alkyl halides is 1. The number of hydrogen-bond acceptors (Lipinski definition) is 12. The van der Waals surface area contributed by atoms with E-state index in [9.17, 15) is 10.4 Å². The number of hydrogen-bond donors (Lipinski definition) is 3. The fourth-order valence-corrected chi connectivity index (χ4v) is 6.80. The molecule has 0 aliphatic carbocycles. The molecule has 1 unspecified atom stereocenters. The number of halogens is 1. The van der Waals surface area contributed by atoms with Gasteiger partial charge in [0.2, 0.25) is 5.88 Å². The summed E-state index contributed by atoms with van der Waals surface area (Å²) in [5.74, 6) is 2.06. The summed E-state index contributed by atoms with van der Waals surface area (Å²) in [5, 5.41) is 26.3. The van der Waals surface area contributed by atoms with Gasteiger partial charge in [-0.15, -0.1) is 0 Å². The zero-order valence-corrected chi connectivity index (χ0v) is 27.9. The van der Waals surface area contributed by atoms with Gasteiger partial charge in [0.15, 0.2) is 5.67 Å². The highest BCUT2D eigenvalue weighted by atomic mass is 19.1. The summed E-state index contributed by atoms with van der Waals surface area (Å²) in [6.45, 7) is 13.4. The first-order valence-electron chi connectivity index (χ1n) is 16.5. The molecule has 12 nitrogen and oxygen atoms in total. The fraction of sp³-hybridized carbons (Fsp3) is 0.514. The lowest BCUT2D eigenvalue weighted by atomic mass is 9.91. The van der Waals surface area contributed by atoms with Gasteiger partial charge < -0.3 is 34.9 Å². The molecular formula is C35H45FN8O4. The smallest absolute Gasteiger partial charge is 0.239 e. The van der Waals surface area contributed by atoms with Crippen LogP contribution in [-0.2, 0) is 4.74 Å². The third-order valence-corrected chi connectivity index (χ3v) is 9.45. The molecule has 1 aromatic heterocycles. The largest absolute Gasteiger partial charge is 0.485 e. The number of aliphatic hydroxyl groups excluding tert-OH is 1. The Labute approximate surface area is 281 Å². The maximum Gasteiger partial charge on any atom is 0.239 e. The van der Waals surface area contributed by atoms with Crippen molar-refractivity contribution in [1.29, 1.82) is 5.26 Å². The second-order valence-corrected chi connectivity index (χ2v) is 12.9. The van der Waals surface area contributed by atoms with E-state index in [1.165, 1.54) is 6.08 Å². The average molecular weight is 661 g/mol. The summed E-state index contributed by atoms with van der Waals surface area (Å²) in [5.41, 5.74) is 0.954. The van der Waals surface area contributed by atoms with Gasteiger partial charge in [-0.1, -0.05) is 6.58 Å². The Hall–Kier alpha value is -4.22. The molecule has 13 heteroatoms. The second-order valence-electron chi connectivity index (χ2n) is 12.9. The minimum atomic E-state index is -1.82. The molecule has 3 fully saturated rings. The first-order chi connectivity index (χ1) is 23.2. The van der Waals surface area contributed by atoms with E-state index in [-0.39, 0.29) is 6.54 Å². The molecule has 3 N–H and O–H groups in total. The molecular weight excluding hydrogens is 615 g/mol. The van der Waals surface area contributed by atoms with E-state index in [1.807, 2.05) is 29.2 Å². The summed E-state index contributed by atoms with van der Waals surface area (Å²) in [6, 6.07) is 12.3. The van der Waals surface area contributed by atoms with Gasteiger partial charge in [-0.25, -0.2) is 9.38 Å². The van der Waals surface area contributed by atoms with Gasteiger partial charge in [0.25, 0.3) is 0 Å². The first-order valence-corrected chi connectivity index (χ1v) is 16.5. The van der Waals surface area contributed by atoms with Crippen LogP contribution in [0.15, 0.2) is 54.1 Å². The topological polar surface area (TPSA) is 131 Å². The van der Waals surface area contributed by atoms with E-state index < -0.39 is 17.9 Å². The van der Waals surface area contributed by atoms with Crippen molar-refractivity contribution in [3.05, 3.63) is 60.2 Å². The third-order valence-electron chi connectivity index (χ3n) is 9.45. The van der Waals surface area contributed by atoms with Crippen molar-refractivity contribution in [2.24, 2.45) is 4.99 Å². The van der Waals surface area contributed by atoms with Crippen molar-refractivity contribution in [2.75, 3.05) is 76.5 Å². The minimum absolute atomic E-state index is 0.0636. The van der Waals surface area contributed by atoms with Crippen LogP contribution in [0.2, 0.25) is 0 Å². The van der Waals surface area contributed by atoms with Gasteiger partial charge >= 0.3 is 0 Å². The van der Waals surface area contributed by atoms with Gasteiger partial charge in [0.05, 0.1) is 38.0 Å². The Morgan fingerprint density at radius 3 is 2.81 bits per heavy atom. The number of rotatable bonds is 10. The van der Waals surface area contributed by atoms with Crippen molar-refractivity contribution in [1.82, 2.24) is 20.1 Å².